The number of benzene rings is 2. The second-order valence-corrected chi connectivity index (χ2v) is 8.25. The summed E-state index contributed by atoms with van der Waals surface area (Å²) in [6.07, 6.45) is -1.15. The molecule has 0 aliphatic heterocycles. The van der Waals surface area contributed by atoms with Gasteiger partial charge in [0.25, 0.3) is 11.8 Å². The normalized spacial score (nSPS) is 12.5. The molecular formula is C23H26Cl2N2O6. The molecule has 10 heteroatoms. The van der Waals surface area contributed by atoms with Gasteiger partial charge in [-0.05, 0) is 37.1 Å². The number of anilines is 1. The molecular weight excluding hydrogens is 471 g/mol. The maximum atomic E-state index is 12.8. The highest BCUT2D eigenvalue weighted by atomic mass is 35.5. The second-order valence-electron chi connectivity index (χ2n) is 7.47. The highest BCUT2D eigenvalue weighted by molar-refractivity contribution is 6.44. The zero-order chi connectivity index (χ0) is 24.7. The lowest BCUT2D eigenvalue weighted by Gasteiger charge is -2.23. The largest absolute Gasteiger partial charge is 0.497 e. The van der Waals surface area contributed by atoms with Gasteiger partial charge in [0.1, 0.15) is 17.5 Å². The van der Waals surface area contributed by atoms with E-state index >= 15 is 0 Å². The third-order valence-corrected chi connectivity index (χ3v) is 5.51. The summed E-state index contributed by atoms with van der Waals surface area (Å²) in [4.78, 5) is 38.1. The van der Waals surface area contributed by atoms with Crippen molar-refractivity contribution in [2.45, 2.75) is 32.9 Å². The van der Waals surface area contributed by atoms with Gasteiger partial charge in [0.2, 0.25) is 0 Å². The number of carbonyl (C=O) groups excluding carboxylic acids is 3. The van der Waals surface area contributed by atoms with Crippen LogP contribution in [0.2, 0.25) is 10.0 Å². The Hall–Kier alpha value is -2.97. The first kappa shape index (κ1) is 26.3. The van der Waals surface area contributed by atoms with Crippen molar-refractivity contribution < 1.29 is 28.6 Å². The van der Waals surface area contributed by atoms with E-state index in [2.05, 4.69) is 10.6 Å². The zero-order valence-corrected chi connectivity index (χ0v) is 20.4. The molecule has 8 nitrogen and oxygen atoms in total. The molecule has 178 valence electrons. The summed E-state index contributed by atoms with van der Waals surface area (Å²) < 4.78 is 15.7. The topological polar surface area (TPSA) is 103 Å². The molecule has 1 unspecified atom stereocenters. The Morgan fingerprint density at radius 3 is 2.09 bits per heavy atom. The number of amides is 2. The predicted molar refractivity (Wildman–Crippen MR) is 126 cm³/mol. The van der Waals surface area contributed by atoms with E-state index in [9.17, 15) is 14.4 Å². The quantitative estimate of drug-likeness (QED) is 0.500. The predicted octanol–water partition coefficient (Wildman–Crippen LogP) is 4.34. The molecule has 0 aliphatic rings. The molecule has 0 bridgehead atoms. The van der Waals surface area contributed by atoms with Crippen LogP contribution in [0.25, 0.3) is 0 Å². The lowest BCUT2D eigenvalue weighted by atomic mass is 10.0. The van der Waals surface area contributed by atoms with Gasteiger partial charge in [-0.3, -0.25) is 9.59 Å². The van der Waals surface area contributed by atoms with Gasteiger partial charge in [-0.15, -0.1) is 0 Å². The summed E-state index contributed by atoms with van der Waals surface area (Å²) in [5, 5.41) is 5.67. The van der Waals surface area contributed by atoms with E-state index in [1.807, 2.05) is 0 Å². The van der Waals surface area contributed by atoms with E-state index in [0.717, 1.165) is 0 Å². The Morgan fingerprint density at radius 1 is 0.939 bits per heavy atom. The average Bonchev–Trinajstić information content (AvgIpc) is 2.79. The van der Waals surface area contributed by atoms with Crippen LogP contribution in [0.4, 0.5) is 5.69 Å². The van der Waals surface area contributed by atoms with Crippen molar-refractivity contribution in [1.29, 1.82) is 0 Å². The van der Waals surface area contributed by atoms with Crippen LogP contribution >= 0.6 is 23.2 Å². The molecule has 0 aliphatic carbocycles. The monoisotopic (exact) mass is 496 g/mol. The van der Waals surface area contributed by atoms with Crippen LogP contribution in [0.3, 0.4) is 0 Å². The number of hydrogen-bond donors (Lipinski definition) is 2. The van der Waals surface area contributed by atoms with Crippen molar-refractivity contribution in [3.63, 3.8) is 0 Å². The molecule has 33 heavy (non-hydrogen) atoms. The van der Waals surface area contributed by atoms with E-state index in [4.69, 9.17) is 37.4 Å². The number of esters is 1. The summed E-state index contributed by atoms with van der Waals surface area (Å²) in [6.45, 7) is 4.90. The number of hydrogen-bond acceptors (Lipinski definition) is 6. The number of ether oxygens (including phenoxy) is 3. The molecule has 2 rings (SSSR count). The Labute approximate surface area is 202 Å². The summed E-state index contributed by atoms with van der Waals surface area (Å²) in [6, 6.07) is 8.43. The van der Waals surface area contributed by atoms with Gasteiger partial charge >= 0.3 is 5.97 Å². The van der Waals surface area contributed by atoms with Crippen molar-refractivity contribution in [1.82, 2.24) is 5.32 Å². The molecule has 2 N–H and O–H groups in total. The van der Waals surface area contributed by atoms with Crippen molar-refractivity contribution in [2.75, 3.05) is 19.5 Å². The molecule has 2 amide bonds. The van der Waals surface area contributed by atoms with Crippen LogP contribution in [-0.4, -0.2) is 44.1 Å². The molecule has 0 aromatic heterocycles. The van der Waals surface area contributed by atoms with E-state index in [1.54, 1.807) is 38.1 Å². The van der Waals surface area contributed by atoms with Crippen LogP contribution in [0.1, 0.15) is 31.1 Å². The average molecular weight is 497 g/mol. The summed E-state index contributed by atoms with van der Waals surface area (Å²) in [5.41, 5.74) is 0.531. The number of halogens is 2. The Morgan fingerprint density at radius 2 is 1.55 bits per heavy atom. The van der Waals surface area contributed by atoms with E-state index in [-0.39, 0.29) is 27.2 Å². The van der Waals surface area contributed by atoms with E-state index < -0.39 is 29.9 Å². The van der Waals surface area contributed by atoms with Crippen molar-refractivity contribution in [3.8, 4) is 11.5 Å². The maximum absolute atomic E-state index is 12.8. The smallest absolute Gasteiger partial charge is 0.329 e. The number of carbonyl (C=O) groups is 3. The summed E-state index contributed by atoms with van der Waals surface area (Å²) >= 11 is 12.0. The number of nitrogens with one attached hydrogen (secondary N) is 2. The Bertz CT molecular complexity index is 1010. The highest BCUT2D eigenvalue weighted by Crippen LogP contribution is 2.29. The fourth-order valence-electron chi connectivity index (χ4n) is 2.80. The molecule has 2 atom stereocenters. The first-order chi connectivity index (χ1) is 15.6. The number of methoxy groups -OCH3 is 2. The lowest BCUT2D eigenvalue weighted by Crippen LogP contribution is -2.47. The van der Waals surface area contributed by atoms with Crippen LogP contribution in [0.15, 0.2) is 36.4 Å². The van der Waals surface area contributed by atoms with Gasteiger partial charge in [0.05, 0.1) is 30.0 Å². The molecule has 2 aromatic carbocycles. The van der Waals surface area contributed by atoms with Crippen molar-refractivity contribution in [2.24, 2.45) is 5.92 Å². The van der Waals surface area contributed by atoms with Crippen LogP contribution in [0.5, 0.6) is 11.5 Å². The fourth-order valence-corrected chi connectivity index (χ4v) is 3.14. The Balaban J connectivity index is 2.09. The molecule has 0 radical (unpaired) electrons. The number of rotatable bonds is 9. The molecule has 0 saturated heterocycles. The van der Waals surface area contributed by atoms with Gasteiger partial charge in [0, 0.05) is 11.6 Å². The van der Waals surface area contributed by atoms with Crippen molar-refractivity contribution >= 4 is 46.7 Å². The third-order valence-electron chi connectivity index (χ3n) is 4.69. The van der Waals surface area contributed by atoms with Crippen LogP contribution in [0, 0.1) is 5.92 Å². The second kappa shape index (κ2) is 11.8. The SMILES string of the molecule is COc1cc(OC)cc(C(=O)N[C@H](C(=O)OC(C)C(=O)Nc2cccc(Cl)c2Cl)C(C)C)c1. The van der Waals surface area contributed by atoms with Gasteiger partial charge in [-0.25, -0.2) is 4.79 Å². The van der Waals surface area contributed by atoms with E-state index in [0.29, 0.717) is 11.5 Å². The van der Waals surface area contributed by atoms with Gasteiger partial charge < -0.3 is 24.8 Å². The minimum atomic E-state index is -1.15. The third kappa shape index (κ3) is 7.00. The van der Waals surface area contributed by atoms with Gasteiger partial charge in [-0.1, -0.05) is 43.1 Å². The van der Waals surface area contributed by atoms with Crippen LogP contribution in [-0.2, 0) is 14.3 Å². The Kier molecular flexibility index (Phi) is 9.37. The first-order valence-corrected chi connectivity index (χ1v) is 10.8. The fraction of sp³-hybridized carbons (Fsp3) is 0.348. The van der Waals surface area contributed by atoms with Crippen molar-refractivity contribution in [3.05, 3.63) is 52.0 Å². The minimum absolute atomic E-state index is 0.173. The first-order valence-electron chi connectivity index (χ1n) is 10.1. The van der Waals surface area contributed by atoms with Crippen LogP contribution < -0.4 is 20.1 Å². The highest BCUT2D eigenvalue weighted by Gasteiger charge is 2.30. The molecule has 0 saturated carbocycles. The molecule has 0 spiro atoms. The summed E-state index contributed by atoms with van der Waals surface area (Å²) in [5.74, 6) is -1.34. The maximum Gasteiger partial charge on any atom is 0.329 e. The van der Waals surface area contributed by atoms with E-state index in [1.165, 1.54) is 33.3 Å². The standard InChI is InChI=1S/C23H26Cl2N2O6/c1-12(2)20(27-22(29)14-9-15(31-4)11-16(10-14)32-5)23(30)33-13(3)21(28)26-18-8-6-7-17(24)19(18)25/h6-13,20H,1-5H3,(H,26,28)(H,27,29)/t13?,20-/m0/s1. The summed E-state index contributed by atoms with van der Waals surface area (Å²) in [7, 11) is 2.93. The lowest BCUT2D eigenvalue weighted by molar-refractivity contribution is -0.156. The zero-order valence-electron chi connectivity index (χ0n) is 18.9. The molecule has 0 fully saturated rings. The molecule has 2 aromatic rings. The minimum Gasteiger partial charge on any atom is -0.497 e. The molecule has 0 heterocycles. The van der Waals surface area contributed by atoms with Gasteiger partial charge in [0.15, 0.2) is 6.10 Å². The van der Waals surface area contributed by atoms with Gasteiger partial charge in [-0.2, -0.15) is 0 Å².